The Morgan fingerprint density at radius 1 is 1.07 bits per heavy atom. The lowest BCUT2D eigenvalue weighted by molar-refractivity contribution is 0.718. The zero-order valence-electron chi connectivity index (χ0n) is 17.4. The number of anilines is 3. The molecule has 1 atom stereocenters. The quantitative estimate of drug-likeness (QED) is 0.699. The summed E-state index contributed by atoms with van der Waals surface area (Å²) >= 11 is 0. The van der Waals surface area contributed by atoms with Gasteiger partial charge in [0, 0.05) is 49.7 Å². The third-order valence-electron chi connectivity index (χ3n) is 5.99. The molecule has 3 aromatic rings. The van der Waals surface area contributed by atoms with Crippen LogP contribution >= 0.6 is 0 Å². The van der Waals surface area contributed by atoms with E-state index in [-0.39, 0.29) is 5.56 Å². The summed E-state index contributed by atoms with van der Waals surface area (Å²) in [7, 11) is 1.75. The molecule has 2 aliphatic rings. The Labute approximate surface area is 175 Å². The van der Waals surface area contributed by atoms with E-state index in [2.05, 4.69) is 34.3 Å². The number of pyridine rings is 2. The van der Waals surface area contributed by atoms with E-state index in [0.717, 1.165) is 36.5 Å². The minimum atomic E-state index is -0.0411. The van der Waals surface area contributed by atoms with Crippen molar-refractivity contribution >= 4 is 17.6 Å². The highest BCUT2D eigenvalue weighted by molar-refractivity contribution is 5.66. The van der Waals surface area contributed by atoms with Crippen molar-refractivity contribution < 1.29 is 0 Å². The van der Waals surface area contributed by atoms with E-state index in [1.54, 1.807) is 17.7 Å². The summed E-state index contributed by atoms with van der Waals surface area (Å²) in [5.74, 6) is 2.89. The molecular weight excluding hydrogens is 376 g/mol. The van der Waals surface area contributed by atoms with Crippen LogP contribution in [0.2, 0.25) is 0 Å². The molecule has 2 fully saturated rings. The van der Waals surface area contributed by atoms with Gasteiger partial charge in [-0.3, -0.25) is 4.79 Å². The fraction of sp³-hybridized carbons (Fsp3) is 0.391. The number of hydrogen-bond donors (Lipinski definition) is 1. The Balaban J connectivity index is 1.54. The smallest absolute Gasteiger partial charge is 0.250 e. The first-order valence-corrected chi connectivity index (χ1v) is 10.6. The van der Waals surface area contributed by atoms with Gasteiger partial charge in [0.15, 0.2) is 0 Å². The Kier molecular flexibility index (Phi) is 4.73. The second kappa shape index (κ2) is 7.55. The van der Waals surface area contributed by atoms with Gasteiger partial charge in [0.05, 0.1) is 5.69 Å². The summed E-state index contributed by atoms with van der Waals surface area (Å²) in [5, 5.41) is 3.38. The standard InChI is InChI=1S/C23H26N6O/c1-15-4-3-11-29(15)23-25-19(18-7-8-22(30)28(2)14-18)13-21(27-23)26-20-12-17(9-10-24-20)16-5-6-16/h7-10,12-16H,3-6,11H2,1-2H3,(H,24,25,26,27). The van der Waals surface area contributed by atoms with Gasteiger partial charge in [0.2, 0.25) is 11.5 Å². The van der Waals surface area contributed by atoms with Gasteiger partial charge in [-0.05, 0) is 62.3 Å². The molecule has 0 spiro atoms. The largest absolute Gasteiger partial charge is 0.338 e. The summed E-state index contributed by atoms with van der Waals surface area (Å²) in [6.07, 6.45) is 8.46. The van der Waals surface area contributed by atoms with Gasteiger partial charge in [-0.15, -0.1) is 0 Å². The van der Waals surface area contributed by atoms with Gasteiger partial charge >= 0.3 is 0 Å². The zero-order chi connectivity index (χ0) is 20.7. The summed E-state index contributed by atoms with van der Waals surface area (Å²) in [6.45, 7) is 3.16. The van der Waals surface area contributed by atoms with E-state index >= 15 is 0 Å². The Morgan fingerprint density at radius 2 is 1.93 bits per heavy atom. The molecule has 7 nitrogen and oxygen atoms in total. The molecule has 1 aliphatic carbocycles. The topological polar surface area (TPSA) is 75.9 Å². The Morgan fingerprint density at radius 3 is 2.67 bits per heavy atom. The average Bonchev–Trinajstić information content (AvgIpc) is 3.51. The van der Waals surface area contributed by atoms with E-state index in [9.17, 15) is 4.79 Å². The lowest BCUT2D eigenvalue weighted by Gasteiger charge is -2.22. The summed E-state index contributed by atoms with van der Waals surface area (Å²) in [5.41, 5.74) is 2.96. The lowest BCUT2D eigenvalue weighted by atomic mass is 10.2. The number of hydrogen-bond acceptors (Lipinski definition) is 6. The van der Waals surface area contributed by atoms with Crippen molar-refractivity contribution in [2.24, 2.45) is 7.05 Å². The first-order chi connectivity index (χ1) is 14.6. The minimum Gasteiger partial charge on any atom is -0.338 e. The van der Waals surface area contributed by atoms with Crippen LogP contribution in [0.1, 0.15) is 44.1 Å². The summed E-state index contributed by atoms with van der Waals surface area (Å²) in [6, 6.07) is 9.93. The maximum absolute atomic E-state index is 11.8. The monoisotopic (exact) mass is 402 g/mol. The van der Waals surface area contributed by atoms with Crippen molar-refractivity contribution in [3.63, 3.8) is 0 Å². The molecule has 1 saturated carbocycles. The molecule has 1 aliphatic heterocycles. The number of nitrogens with one attached hydrogen (secondary N) is 1. The first kappa shape index (κ1) is 18.8. The van der Waals surface area contributed by atoms with Crippen molar-refractivity contribution in [3.05, 3.63) is 58.6 Å². The van der Waals surface area contributed by atoms with Gasteiger partial charge in [0.1, 0.15) is 11.6 Å². The summed E-state index contributed by atoms with van der Waals surface area (Å²) < 4.78 is 1.57. The molecule has 0 amide bonds. The normalized spacial score (nSPS) is 18.6. The van der Waals surface area contributed by atoms with E-state index in [1.165, 1.54) is 18.4 Å². The second-order valence-electron chi connectivity index (χ2n) is 8.36. The molecule has 154 valence electrons. The van der Waals surface area contributed by atoms with Crippen LogP contribution in [0.25, 0.3) is 11.3 Å². The van der Waals surface area contributed by atoms with Gasteiger partial charge in [0.25, 0.3) is 0 Å². The fourth-order valence-corrected chi connectivity index (χ4v) is 4.07. The Hall–Kier alpha value is -3.22. The highest BCUT2D eigenvalue weighted by Gasteiger charge is 2.25. The molecule has 1 saturated heterocycles. The molecule has 1 unspecified atom stereocenters. The van der Waals surface area contributed by atoms with Crippen LogP contribution in [0.15, 0.2) is 47.5 Å². The molecule has 30 heavy (non-hydrogen) atoms. The minimum absolute atomic E-state index is 0.0411. The molecule has 5 rings (SSSR count). The molecule has 1 N–H and O–H groups in total. The number of nitrogens with zero attached hydrogens (tertiary/aromatic N) is 5. The molecular formula is C23H26N6O. The number of aryl methyl sites for hydroxylation is 1. The Bertz CT molecular complexity index is 1140. The fourth-order valence-electron chi connectivity index (χ4n) is 4.07. The van der Waals surface area contributed by atoms with E-state index in [0.29, 0.717) is 23.7 Å². The van der Waals surface area contributed by atoms with Gasteiger partial charge in [-0.25, -0.2) is 9.97 Å². The van der Waals surface area contributed by atoms with Crippen molar-refractivity contribution in [1.82, 2.24) is 19.5 Å². The van der Waals surface area contributed by atoms with Crippen LogP contribution in [0.5, 0.6) is 0 Å². The van der Waals surface area contributed by atoms with Crippen LogP contribution < -0.4 is 15.8 Å². The maximum atomic E-state index is 11.8. The van der Waals surface area contributed by atoms with Crippen LogP contribution in [0.4, 0.5) is 17.6 Å². The van der Waals surface area contributed by atoms with Crippen molar-refractivity contribution in [3.8, 4) is 11.3 Å². The van der Waals surface area contributed by atoms with Crippen LogP contribution in [-0.2, 0) is 7.05 Å². The van der Waals surface area contributed by atoms with Crippen LogP contribution in [-0.4, -0.2) is 32.1 Å². The van der Waals surface area contributed by atoms with E-state index in [4.69, 9.17) is 9.97 Å². The van der Waals surface area contributed by atoms with Gasteiger partial charge < -0.3 is 14.8 Å². The number of aromatic nitrogens is 4. The maximum Gasteiger partial charge on any atom is 0.250 e. The molecule has 4 heterocycles. The zero-order valence-corrected chi connectivity index (χ0v) is 17.4. The number of rotatable bonds is 5. The lowest BCUT2D eigenvalue weighted by Crippen LogP contribution is -2.28. The SMILES string of the molecule is CC1CCCN1c1nc(Nc2cc(C3CC3)ccn2)cc(-c2ccc(=O)n(C)c2)n1. The summed E-state index contributed by atoms with van der Waals surface area (Å²) in [4.78, 5) is 28.2. The average molecular weight is 403 g/mol. The first-order valence-electron chi connectivity index (χ1n) is 10.6. The van der Waals surface area contributed by atoms with Crippen molar-refractivity contribution in [1.29, 1.82) is 0 Å². The van der Waals surface area contributed by atoms with Crippen LogP contribution in [0.3, 0.4) is 0 Å². The van der Waals surface area contributed by atoms with Crippen molar-refractivity contribution in [2.45, 2.75) is 44.6 Å². The molecule has 0 radical (unpaired) electrons. The molecule has 7 heteroatoms. The van der Waals surface area contributed by atoms with E-state index < -0.39 is 0 Å². The van der Waals surface area contributed by atoms with Crippen molar-refractivity contribution in [2.75, 3.05) is 16.8 Å². The van der Waals surface area contributed by atoms with E-state index in [1.807, 2.05) is 24.5 Å². The predicted octanol–water partition coefficient (Wildman–Crippen LogP) is 3.85. The highest BCUT2D eigenvalue weighted by Crippen LogP contribution is 2.40. The van der Waals surface area contributed by atoms with Gasteiger partial charge in [-0.1, -0.05) is 0 Å². The molecule has 3 aromatic heterocycles. The van der Waals surface area contributed by atoms with Crippen LogP contribution in [0, 0.1) is 0 Å². The second-order valence-corrected chi connectivity index (χ2v) is 8.36. The molecule has 0 aromatic carbocycles. The molecule has 0 bridgehead atoms. The predicted molar refractivity (Wildman–Crippen MR) is 118 cm³/mol. The third-order valence-corrected chi connectivity index (χ3v) is 5.99. The van der Waals surface area contributed by atoms with Gasteiger partial charge in [-0.2, -0.15) is 4.98 Å². The third kappa shape index (κ3) is 3.79. The highest BCUT2D eigenvalue weighted by atomic mass is 16.1.